The summed E-state index contributed by atoms with van der Waals surface area (Å²) >= 11 is 0. The van der Waals surface area contributed by atoms with Crippen LogP contribution in [0.15, 0.2) is 18.2 Å². The third-order valence-corrected chi connectivity index (χ3v) is 3.04. The summed E-state index contributed by atoms with van der Waals surface area (Å²) in [6, 6.07) is 5.27. The first kappa shape index (κ1) is 15.9. The number of nitrogens with zero attached hydrogens (tertiary/aromatic N) is 1. The van der Waals surface area contributed by atoms with Gasteiger partial charge in [0.05, 0.1) is 5.69 Å². The summed E-state index contributed by atoms with van der Waals surface area (Å²) in [7, 11) is 3.61. The highest BCUT2D eigenvalue weighted by molar-refractivity contribution is 5.54. The van der Waals surface area contributed by atoms with Crippen molar-refractivity contribution < 1.29 is 9.13 Å². The van der Waals surface area contributed by atoms with Crippen LogP contribution in [0.1, 0.15) is 25.3 Å². The molecule has 0 amide bonds. The normalized spacial score (nSPS) is 10.7. The Morgan fingerprint density at radius 2 is 2.16 bits per heavy atom. The summed E-state index contributed by atoms with van der Waals surface area (Å²) in [5.41, 5.74) is 1.70. The molecule has 108 valence electrons. The monoisotopic (exact) mass is 268 g/mol. The van der Waals surface area contributed by atoms with Gasteiger partial charge in [-0.05, 0) is 31.0 Å². The Morgan fingerprint density at radius 3 is 2.84 bits per heavy atom. The van der Waals surface area contributed by atoms with Crippen molar-refractivity contribution in [3.05, 3.63) is 29.6 Å². The molecule has 3 nitrogen and oxygen atoms in total. The van der Waals surface area contributed by atoms with Crippen LogP contribution in [0, 0.1) is 5.82 Å². The van der Waals surface area contributed by atoms with E-state index >= 15 is 0 Å². The van der Waals surface area contributed by atoms with E-state index in [1.807, 2.05) is 18.0 Å². The molecule has 4 heteroatoms. The molecular formula is C15H25FN2O. The Bertz CT molecular complexity index is 371. The van der Waals surface area contributed by atoms with E-state index in [1.54, 1.807) is 13.2 Å². The van der Waals surface area contributed by atoms with E-state index in [-0.39, 0.29) is 5.82 Å². The maximum absolute atomic E-state index is 14.0. The second-order valence-electron chi connectivity index (χ2n) is 4.69. The van der Waals surface area contributed by atoms with E-state index in [0.717, 1.165) is 31.5 Å². The van der Waals surface area contributed by atoms with Crippen LogP contribution >= 0.6 is 0 Å². The number of anilines is 1. The zero-order valence-electron chi connectivity index (χ0n) is 12.2. The van der Waals surface area contributed by atoms with Gasteiger partial charge < -0.3 is 15.0 Å². The van der Waals surface area contributed by atoms with Crippen molar-refractivity contribution in [1.82, 2.24) is 5.32 Å². The van der Waals surface area contributed by atoms with Gasteiger partial charge in [0.25, 0.3) is 0 Å². The van der Waals surface area contributed by atoms with Crippen LogP contribution in [0.5, 0.6) is 0 Å². The molecular weight excluding hydrogens is 243 g/mol. The highest BCUT2D eigenvalue weighted by atomic mass is 19.1. The SMILES string of the molecule is CCCNCc1cccc(F)c1N(C)CCCOC. The van der Waals surface area contributed by atoms with Gasteiger partial charge in [0.15, 0.2) is 0 Å². The van der Waals surface area contributed by atoms with Crippen molar-refractivity contribution in [2.75, 3.05) is 38.8 Å². The molecule has 0 atom stereocenters. The number of benzene rings is 1. The number of rotatable bonds is 9. The molecule has 0 bridgehead atoms. The van der Waals surface area contributed by atoms with Gasteiger partial charge in [-0.2, -0.15) is 0 Å². The van der Waals surface area contributed by atoms with Crippen LogP contribution in [0.3, 0.4) is 0 Å². The van der Waals surface area contributed by atoms with Crippen LogP contribution in [0.4, 0.5) is 10.1 Å². The van der Waals surface area contributed by atoms with E-state index in [9.17, 15) is 4.39 Å². The van der Waals surface area contributed by atoms with Gasteiger partial charge in [-0.1, -0.05) is 19.1 Å². The lowest BCUT2D eigenvalue weighted by Crippen LogP contribution is -2.24. The second kappa shape index (κ2) is 8.88. The second-order valence-corrected chi connectivity index (χ2v) is 4.69. The first-order valence-electron chi connectivity index (χ1n) is 6.88. The van der Waals surface area contributed by atoms with Crippen molar-refractivity contribution in [3.63, 3.8) is 0 Å². The number of methoxy groups -OCH3 is 1. The van der Waals surface area contributed by atoms with E-state index in [2.05, 4.69) is 12.2 Å². The Balaban J connectivity index is 2.72. The molecule has 0 aromatic heterocycles. The van der Waals surface area contributed by atoms with Crippen LogP contribution in [0.2, 0.25) is 0 Å². The summed E-state index contributed by atoms with van der Waals surface area (Å²) in [5.74, 6) is -0.157. The molecule has 1 rings (SSSR count). The molecule has 0 spiro atoms. The average Bonchev–Trinajstić information content (AvgIpc) is 2.39. The number of halogens is 1. The highest BCUT2D eigenvalue weighted by Gasteiger charge is 2.12. The molecule has 0 heterocycles. The molecule has 0 aliphatic rings. The lowest BCUT2D eigenvalue weighted by molar-refractivity contribution is 0.196. The Kier molecular flexibility index (Phi) is 7.45. The molecule has 0 radical (unpaired) electrons. The molecule has 0 aliphatic heterocycles. The molecule has 1 N–H and O–H groups in total. The zero-order chi connectivity index (χ0) is 14.1. The smallest absolute Gasteiger partial charge is 0.146 e. The first-order chi connectivity index (χ1) is 9.20. The topological polar surface area (TPSA) is 24.5 Å². The molecule has 19 heavy (non-hydrogen) atoms. The standard InChI is InChI=1S/C15H25FN2O/c1-4-9-17-12-13-7-5-8-14(16)15(13)18(2)10-6-11-19-3/h5,7-8,17H,4,6,9-12H2,1-3H3. The van der Waals surface area contributed by atoms with Crippen molar-refractivity contribution >= 4 is 5.69 Å². The van der Waals surface area contributed by atoms with Crippen LogP contribution in [-0.4, -0.2) is 33.9 Å². The van der Waals surface area contributed by atoms with Gasteiger partial charge in [-0.3, -0.25) is 0 Å². The number of ether oxygens (including phenoxy) is 1. The van der Waals surface area contributed by atoms with Gasteiger partial charge in [0.1, 0.15) is 5.82 Å². The predicted octanol–water partition coefficient (Wildman–Crippen LogP) is 2.80. The lowest BCUT2D eigenvalue weighted by Gasteiger charge is -2.23. The summed E-state index contributed by atoms with van der Waals surface area (Å²) in [6.45, 7) is 5.26. The molecule has 1 aromatic rings. The third kappa shape index (κ3) is 5.17. The summed E-state index contributed by atoms with van der Waals surface area (Å²) < 4.78 is 19.1. The summed E-state index contributed by atoms with van der Waals surface area (Å²) in [5, 5.41) is 3.32. The van der Waals surface area contributed by atoms with Crippen molar-refractivity contribution in [1.29, 1.82) is 0 Å². The third-order valence-electron chi connectivity index (χ3n) is 3.04. The van der Waals surface area contributed by atoms with Crippen LogP contribution in [0.25, 0.3) is 0 Å². The molecule has 1 aromatic carbocycles. The fourth-order valence-electron chi connectivity index (χ4n) is 2.09. The van der Waals surface area contributed by atoms with Gasteiger partial charge in [0, 0.05) is 33.9 Å². The lowest BCUT2D eigenvalue weighted by atomic mass is 10.1. The van der Waals surface area contributed by atoms with E-state index < -0.39 is 0 Å². The number of nitrogens with one attached hydrogen (secondary N) is 1. The van der Waals surface area contributed by atoms with Gasteiger partial charge in [0.2, 0.25) is 0 Å². The predicted molar refractivity (Wildman–Crippen MR) is 78.2 cm³/mol. The summed E-state index contributed by atoms with van der Waals surface area (Å²) in [4.78, 5) is 1.97. The minimum Gasteiger partial charge on any atom is -0.385 e. The number of hydrogen-bond donors (Lipinski definition) is 1. The minimum absolute atomic E-state index is 0.157. The summed E-state index contributed by atoms with van der Waals surface area (Å²) in [6.07, 6.45) is 1.97. The first-order valence-corrected chi connectivity index (χ1v) is 6.88. The van der Waals surface area contributed by atoms with E-state index in [1.165, 1.54) is 6.07 Å². The highest BCUT2D eigenvalue weighted by Crippen LogP contribution is 2.23. The fourth-order valence-corrected chi connectivity index (χ4v) is 2.09. The molecule has 0 saturated heterocycles. The maximum Gasteiger partial charge on any atom is 0.146 e. The Morgan fingerprint density at radius 1 is 1.37 bits per heavy atom. The van der Waals surface area contributed by atoms with E-state index in [4.69, 9.17) is 4.74 Å². The molecule has 0 unspecified atom stereocenters. The maximum atomic E-state index is 14.0. The molecule has 0 saturated carbocycles. The van der Waals surface area contributed by atoms with Crippen molar-refractivity contribution in [2.45, 2.75) is 26.3 Å². The van der Waals surface area contributed by atoms with Gasteiger partial charge in [-0.15, -0.1) is 0 Å². The molecule has 0 aliphatic carbocycles. The largest absolute Gasteiger partial charge is 0.385 e. The minimum atomic E-state index is -0.157. The van der Waals surface area contributed by atoms with Gasteiger partial charge in [-0.25, -0.2) is 4.39 Å². The van der Waals surface area contributed by atoms with Crippen molar-refractivity contribution in [3.8, 4) is 0 Å². The van der Waals surface area contributed by atoms with Gasteiger partial charge >= 0.3 is 0 Å². The Labute approximate surface area is 115 Å². The zero-order valence-corrected chi connectivity index (χ0v) is 12.2. The molecule has 0 fully saturated rings. The number of hydrogen-bond acceptors (Lipinski definition) is 3. The fraction of sp³-hybridized carbons (Fsp3) is 0.600. The Hall–Kier alpha value is -1.13. The van der Waals surface area contributed by atoms with E-state index in [0.29, 0.717) is 18.8 Å². The quantitative estimate of drug-likeness (QED) is 0.697. The van der Waals surface area contributed by atoms with Crippen LogP contribution < -0.4 is 10.2 Å². The average molecular weight is 268 g/mol. The van der Waals surface area contributed by atoms with Crippen molar-refractivity contribution in [2.24, 2.45) is 0 Å². The van der Waals surface area contributed by atoms with Crippen LogP contribution in [-0.2, 0) is 11.3 Å². The number of para-hydroxylation sites is 1.